The summed E-state index contributed by atoms with van der Waals surface area (Å²) in [4.78, 5) is 17.4. The van der Waals surface area contributed by atoms with Gasteiger partial charge in [0.2, 0.25) is 0 Å². The summed E-state index contributed by atoms with van der Waals surface area (Å²) in [6.45, 7) is 0. The van der Waals surface area contributed by atoms with Gasteiger partial charge in [-0.25, -0.2) is 9.37 Å². The highest BCUT2D eigenvalue weighted by atomic mass is 19.1. The van der Waals surface area contributed by atoms with Crippen molar-refractivity contribution in [3.63, 3.8) is 0 Å². The highest BCUT2D eigenvalue weighted by Crippen LogP contribution is 2.20. The van der Waals surface area contributed by atoms with E-state index in [4.69, 9.17) is 0 Å². The molecule has 0 aliphatic heterocycles. The molecule has 17 heavy (non-hydrogen) atoms. The molecule has 0 atom stereocenters. The molecule has 1 N–H and O–H groups in total. The molecule has 7 heteroatoms. The number of pyridine rings is 2. The molecular formula is C10H7FN4O2. The lowest BCUT2D eigenvalue weighted by molar-refractivity contribution is -0.384. The molecule has 2 aromatic heterocycles. The zero-order valence-corrected chi connectivity index (χ0v) is 8.50. The second-order valence-electron chi connectivity index (χ2n) is 3.14. The summed E-state index contributed by atoms with van der Waals surface area (Å²) in [5.74, 6) is -0.356. The van der Waals surface area contributed by atoms with Crippen molar-refractivity contribution in [3.8, 4) is 0 Å². The molecule has 0 saturated heterocycles. The van der Waals surface area contributed by atoms with E-state index in [2.05, 4.69) is 15.3 Å². The number of hydrogen-bond donors (Lipinski definition) is 1. The molecule has 2 rings (SSSR count). The summed E-state index contributed by atoms with van der Waals surface area (Å²) in [5, 5.41) is 13.2. The number of aromatic nitrogens is 2. The third kappa shape index (κ3) is 2.51. The van der Waals surface area contributed by atoms with Crippen LogP contribution < -0.4 is 5.32 Å². The van der Waals surface area contributed by atoms with E-state index in [9.17, 15) is 14.5 Å². The summed E-state index contributed by atoms with van der Waals surface area (Å²) in [6.07, 6.45) is 3.72. The van der Waals surface area contributed by atoms with Crippen molar-refractivity contribution in [2.45, 2.75) is 0 Å². The van der Waals surface area contributed by atoms with Crippen LogP contribution in [0, 0.1) is 15.9 Å². The third-order valence-corrected chi connectivity index (χ3v) is 1.99. The summed E-state index contributed by atoms with van der Waals surface area (Å²) >= 11 is 0. The quantitative estimate of drug-likeness (QED) is 0.650. The van der Waals surface area contributed by atoms with E-state index in [0.29, 0.717) is 0 Å². The predicted octanol–water partition coefficient (Wildman–Crippen LogP) is 2.27. The molecule has 0 radical (unpaired) electrons. The normalized spacial score (nSPS) is 9.94. The van der Waals surface area contributed by atoms with E-state index in [1.54, 1.807) is 0 Å². The molecule has 0 aliphatic rings. The molecule has 0 unspecified atom stereocenters. The van der Waals surface area contributed by atoms with Crippen molar-refractivity contribution in [3.05, 3.63) is 52.7 Å². The molecule has 0 bridgehead atoms. The first-order chi connectivity index (χ1) is 8.16. The highest BCUT2D eigenvalue weighted by molar-refractivity contribution is 5.58. The van der Waals surface area contributed by atoms with Crippen molar-refractivity contribution in [1.29, 1.82) is 0 Å². The van der Waals surface area contributed by atoms with Gasteiger partial charge in [0, 0.05) is 18.5 Å². The zero-order valence-electron chi connectivity index (χ0n) is 8.50. The largest absolute Gasteiger partial charge is 0.338 e. The van der Waals surface area contributed by atoms with Crippen molar-refractivity contribution in [2.75, 3.05) is 5.32 Å². The Bertz CT molecular complexity index is 562. The summed E-state index contributed by atoms with van der Waals surface area (Å²) in [7, 11) is 0. The lowest BCUT2D eigenvalue weighted by Crippen LogP contribution is -1.97. The minimum absolute atomic E-state index is 0.114. The van der Waals surface area contributed by atoms with Gasteiger partial charge in [0.15, 0.2) is 5.82 Å². The van der Waals surface area contributed by atoms with Gasteiger partial charge in [-0.05, 0) is 6.07 Å². The minimum Gasteiger partial charge on any atom is -0.338 e. The van der Waals surface area contributed by atoms with Crippen LogP contribution in [0.15, 0.2) is 36.8 Å². The summed E-state index contributed by atoms with van der Waals surface area (Å²) in [6, 6.07) is 3.89. The molecule has 2 heterocycles. The van der Waals surface area contributed by atoms with Crippen molar-refractivity contribution < 1.29 is 9.31 Å². The van der Waals surface area contributed by atoms with Gasteiger partial charge in [0.05, 0.1) is 22.9 Å². The molecule has 2 aromatic rings. The molecule has 0 spiro atoms. The van der Waals surface area contributed by atoms with Gasteiger partial charge >= 0.3 is 0 Å². The van der Waals surface area contributed by atoms with Crippen LogP contribution in [0.2, 0.25) is 0 Å². The average molecular weight is 234 g/mol. The fourth-order valence-electron chi connectivity index (χ4n) is 1.22. The molecule has 0 aliphatic carbocycles. The van der Waals surface area contributed by atoms with E-state index in [1.807, 2.05) is 0 Å². The van der Waals surface area contributed by atoms with Crippen LogP contribution in [0.5, 0.6) is 0 Å². The number of nitrogens with one attached hydrogen (secondary N) is 1. The van der Waals surface area contributed by atoms with Gasteiger partial charge in [0.1, 0.15) is 5.82 Å². The molecule has 86 valence electrons. The van der Waals surface area contributed by atoms with Crippen molar-refractivity contribution in [2.24, 2.45) is 0 Å². The molecular weight excluding hydrogens is 227 g/mol. The first-order valence-electron chi connectivity index (χ1n) is 4.64. The van der Waals surface area contributed by atoms with Crippen LogP contribution in [0.4, 0.5) is 21.6 Å². The SMILES string of the molecule is O=[N+]([O-])c1ccnc(Nc2ccncc2F)c1. The van der Waals surface area contributed by atoms with E-state index < -0.39 is 10.7 Å². The number of anilines is 2. The number of hydrogen-bond acceptors (Lipinski definition) is 5. The van der Waals surface area contributed by atoms with E-state index in [0.717, 1.165) is 6.20 Å². The second kappa shape index (κ2) is 4.52. The van der Waals surface area contributed by atoms with Gasteiger partial charge in [-0.2, -0.15) is 0 Å². The molecule has 0 aromatic carbocycles. The van der Waals surface area contributed by atoms with Crippen LogP contribution >= 0.6 is 0 Å². The number of rotatable bonds is 3. The van der Waals surface area contributed by atoms with E-state index in [1.165, 1.54) is 30.6 Å². The van der Waals surface area contributed by atoms with Crippen molar-refractivity contribution >= 4 is 17.2 Å². The number of nitrogens with zero attached hydrogens (tertiary/aromatic N) is 3. The van der Waals surface area contributed by atoms with Crippen LogP contribution in [-0.2, 0) is 0 Å². The average Bonchev–Trinajstić information content (AvgIpc) is 2.32. The molecule has 0 fully saturated rings. The number of halogens is 1. The zero-order chi connectivity index (χ0) is 12.3. The van der Waals surface area contributed by atoms with E-state index in [-0.39, 0.29) is 17.2 Å². The van der Waals surface area contributed by atoms with E-state index >= 15 is 0 Å². The molecule has 0 amide bonds. The first kappa shape index (κ1) is 10.9. The third-order valence-electron chi connectivity index (χ3n) is 1.99. The first-order valence-corrected chi connectivity index (χ1v) is 4.64. The van der Waals surface area contributed by atoms with Crippen LogP contribution in [-0.4, -0.2) is 14.9 Å². The lowest BCUT2D eigenvalue weighted by atomic mass is 10.3. The Balaban J connectivity index is 2.28. The lowest BCUT2D eigenvalue weighted by Gasteiger charge is -2.05. The smallest absolute Gasteiger partial charge is 0.274 e. The molecule has 0 saturated carbocycles. The minimum atomic E-state index is -0.555. The Morgan fingerprint density at radius 2 is 2.18 bits per heavy atom. The van der Waals surface area contributed by atoms with Crippen LogP contribution in [0.25, 0.3) is 0 Å². The van der Waals surface area contributed by atoms with Gasteiger partial charge in [-0.15, -0.1) is 0 Å². The number of nitro groups is 1. The Labute approximate surface area is 95.3 Å². The topological polar surface area (TPSA) is 81.0 Å². The fraction of sp³-hybridized carbons (Fsp3) is 0. The Kier molecular flexibility index (Phi) is 2.91. The standard InChI is InChI=1S/C10H7FN4O2/c11-8-6-12-3-2-9(8)14-10-5-7(15(16)17)1-4-13-10/h1-6H,(H,12,13,14). The monoisotopic (exact) mass is 234 g/mol. The fourth-order valence-corrected chi connectivity index (χ4v) is 1.22. The Hall–Kier alpha value is -2.57. The van der Waals surface area contributed by atoms with Gasteiger partial charge < -0.3 is 5.32 Å². The van der Waals surface area contributed by atoms with Crippen molar-refractivity contribution in [1.82, 2.24) is 9.97 Å². The maximum absolute atomic E-state index is 13.2. The summed E-state index contributed by atoms with van der Waals surface area (Å²) in [5.41, 5.74) is 0.0463. The van der Waals surface area contributed by atoms with Crippen LogP contribution in [0.1, 0.15) is 0 Å². The van der Waals surface area contributed by atoms with Gasteiger partial charge in [0.25, 0.3) is 5.69 Å². The van der Waals surface area contributed by atoms with Crippen LogP contribution in [0.3, 0.4) is 0 Å². The second-order valence-corrected chi connectivity index (χ2v) is 3.14. The summed E-state index contributed by atoms with van der Waals surface area (Å²) < 4.78 is 13.2. The maximum atomic E-state index is 13.2. The molecule has 6 nitrogen and oxygen atoms in total. The Morgan fingerprint density at radius 1 is 1.35 bits per heavy atom. The maximum Gasteiger partial charge on any atom is 0.274 e. The predicted molar refractivity (Wildman–Crippen MR) is 58.4 cm³/mol. The van der Waals surface area contributed by atoms with Gasteiger partial charge in [-0.3, -0.25) is 15.1 Å². The highest BCUT2D eigenvalue weighted by Gasteiger charge is 2.08. The Morgan fingerprint density at radius 3 is 2.88 bits per heavy atom. The van der Waals surface area contributed by atoms with Gasteiger partial charge in [-0.1, -0.05) is 0 Å².